The first kappa shape index (κ1) is 25.0. The summed E-state index contributed by atoms with van der Waals surface area (Å²) in [5, 5.41) is 5.65. The minimum absolute atomic E-state index is 0.108. The zero-order chi connectivity index (χ0) is 25.7. The standard InChI is InChI=1S/C25H26N6O4S/c1-4-31(5-2)36(33,34)23-11-10-22(35-23)24(32)28-19-9-8-17(3)21(15-19)30-25-27-14-12-20(29-25)18-7-6-13-26-16-18/h6-16H,4-5H2,1-3H3,(H,28,32)(H,27,29,30). The van der Waals surface area contributed by atoms with E-state index >= 15 is 0 Å². The van der Waals surface area contributed by atoms with Crippen molar-refractivity contribution in [2.24, 2.45) is 0 Å². The van der Waals surface area contributed by atoms with Crippen LogP contribution in [0, 0.1) is 6.92 Å². The molecule has 0 spiro atoms. The van der Waals surface area contributed by atoms with E-state index in [4.69, 9.17) is 4.42 Å². The number of nitrogens with one attached hydrogen (secondary N) is 2. The maximum Gasteiger partial charge on any atom is 0.291 e. The minimum Gasteiger partial charge on any atom is -0.438 e. The van der Waals surface area contributed by atoms with Gasteiger partial charge in [0, 0.05) is 48.6 Å². The van der Waals surface area contributed by atoms with Gasteiger partial charge >= 0.3 is 0 Å². The first-order valence-corrected chi connectivity index (χ1v) is 12.8. The lowest BCUT2D eigenvalue weighted by Crippen LogP contribution is -2.30. The van der Waals surface area contributed by atoms with Gasteiger partial charge in [0.25, 0.3) is 15.9 Å². The largest absolute Gasteiger partial charge is 0.438 e. The lowest BCUT2D eigenvalue weighted by atomic mass is 10.1. The van der Waals surface area contributed by atoms with Crippen LogP contribution < -0.4 is 10.6 Å². The summed E-state index contributed by atoms with van der Waals surface area (Å²) in [6.07, 6.45) is 5.07. The summed E-state index contributed by atoms with van der Waals surface area (Å²) in [4.78, 5) is 25.7. The molecule has 1 aromatic carbocycles. The first-order chi connectivity index (χ1) is 17.3. The van der Waals surface area contributed by atoms with E-state index < -0.39 is 15.9 Å². The van der Waals surface area contributed by atoms with Crippen LogP contribution in [0.2, 0.25) is 0 Å². The Morgan fingerprint density at radius 3 is 2.58 bits per heavy atom. The molecule has 36 heavy (non-hydrogen) atoms. The number of carbonyl (C=O) groups excluding carboxylic acids is 1. The van der Waals surface area contributed by atoms with E-state index in [0.717, 1.165) is 16.8 Å². The van der Waals surface area contributed by atoms with E-state index in [9.17, 15) is 13.2 Å². The molecule has 0 radical (unpaired) electrons. The van der Waals surface area contributed by atoms with Gasteiger partial charge in [-0.2, -0.15) is 4.31 Å². The van der Waals surface area contributed by atoms with Crippen LogP contribution in [-0.2, 0) is 10.0 Å². The Balaban J connectivity index is 1.51. The normalized spacial score (nSPS) is 11.4. The van der Waals surface area contributed by atoms with Crippen molar-refractivity contribution >= 4 is 33.3 Å². The van der Waals surface area contributed by atoms with Crippen LogP contribution in [0.3, 0.4) is 0 Å². The number of carbonyl (C=O) groups is 1. The summed E-state index contributed by atoms with van der Waals surface area (Å²) in [7, 11) is -3.80. The van der Waals surface area contributed by atoms with Crippen molar-refractivity contribution in [1.29, 1.82) is 0 Å². The van der Waals surface area contributed by atoms with Crippen molar-refractivity contribution in [2.75, 3.05) is 23.7 Å². The zero-order valence-corrected chi connectivity index (χ0v) is 20.9. The number of hydrogen-bond donors (Lipinski definition) is 2. The molecule has 0 unspecified atom stereocenters. The SMILES string of the molecule is CCN(CC)S(=O)(=O)c1ccc(C(=O)Nc2ccc(C)c(Nc3nccc(-c4cccnc4)n3)c2)o1. The number of amides is 1. The maximum absolute atomic E-state index is 12.8. The molecule has 0 fully saturated rings. The average Bonchev–Trinajstić information content (AvgIpc) is 3.39. The number of sulfonamides is 1. The molecule has 4 aromatic rings. The van der Waals surface area contributed by atoms with Gasteiger partial charge in [-0.05, 0) is 55.0 Å². The number of nitrogens with zero attached hydrogens (tertiary/aromatic N) is 4. The van der Waals surface area contributed by atoms with Gasteiger partial charge in [0.15, 0.2) is 5.76 Å². The summed E-state index contributed by atoms with van der Waals surface area (Å²) in [5.41, 5.74) is 3.67. The number of anilines is 3. The van der Waals surface area contributed by atoms with E-state index in [0.29, 0.717) is 30.4 Å². The predicted molar refractivity (Wildman–Crippen MR) is 136 cm³/mol. The number of pyridine rings is 1. The van der Waals surface area contributed by atoms with Crippen molar-refractivity contribution in [3.8, 4) is 11.3 Å². The third-order valence-corrected chi connectivity index (χ3v) is 7.38. The van der Waals surface area contributed by atoms with Crippen molar-refractivity contribution in [3.05, 3.63) is 78.4 Å². The highest BCUT2D eigenvalue weighted by Gasteiger charge is 2.26. The van der Waals surface area contributed by atoms with Crippen LogP contribution in [0.15, 0.2) is 76.6 Å². The molecule has 3 aromatic heterocycles. The predicted octanol–water partition coefficient (Wildman–Crippen LogP) is 4.47. The van der Waals surface area contributed by atoms with E-state index in [-0.39, 0.29) is 10.9 Å². The number of benzene rings is 1. The second kappa shape index (κ2) is 10.7. The average molecular weight is 507 g/mol. The third kappa shape index (κ3) is 5.42. The third-order valence-electron chi connectivity index (χ3n) is 5.46. The van der Waals surface area contributed by atoms with E-state index in [1.165, 1.54) is 16.4 Å². The molecule has 186 valence electrons. The molecule has 4 rings (SSSR count). The molecule has 0 bridgehead atoms. The number of hydrogen-bond acceptors (Lipinski definition) is 8. The Labute approximate surface area is 209 Å². The number of furan rings is 1. The number of rotatable bonds is 9. The molecule has 0 aliphatic rings. The Hall–Kier alpha value is -4.09. The highest BCUT2D eigenvalue weighted by atomic mass is 32.2. The van der Waals surface area contributed by atoms with Crippen molar-refractivity contribution in [2.45, 2.75) is 25.9 Å². The van der Waals surface area contributed by atoms with E-state index in [1.54, 1.807) is 50.6 Å². The minimum atomic E-state index is -3.80. The van der Waals surface area contributed by atoms with E-state index in [1.807, 2.05) is 25.1 Å². The number of aromatic nitrogens is 3. The Morgan fingerprint density at radius 2 is 1.86 bits per heavy atom. The smallest absolute Gasteiger partial charge is 0.291 e. The molecular weight excluding hydrogens is 480 g/mol. The molecule has 10 nitrogen and oxygen atoms in total. The van der Waals surface area contributed by atoms with Gasteiger partial charge in [-0.25, -0.2) is 18.4 Å². The first-order valence-electron chi connectivity index (χ1n) is 11.3. The highest BCUT2D eigenvalue weighted by Crippen LogP contribution is 2.25. The molecule has 2 N–H and O–H groups in total. The van der Waals surface area contributed by atoms with Gasteiger partial charge < -0.3 is 15.1 Å². The molecule has 0 aliphatic carbocycles. The Kier molecular flexibility index (Phi) is 7.41. The summed E-state index contributed by atoms with van der Waals surface area (Å²) < 4.78 is 31.9. The van der Waals surface area contributed by atoms with Crippen molar-refractivity contribution in [1.82, 2.24) is 19.3 Å². The van der Waals surface area contributed by atoms with Gasteiger partial charge in [0.05, 0.1) is 5.69 Å². The summed E-state index contributed by atoms with van der Waals surface area (Å²) in [5.74, 6) is -0.288. The zero-order valence-electron chi connectivity index (χ0n) is 20.1. The highest BCUT2D eigenvalue weighted by molar-refractivity contribution is 7.89. The fraction of sp³-hybridized carbons (Fsp3) is 0.200. The Bertz CT molecular complexity index is 1470. The van der Waals surface area contributed by atoms with E-state index in [2.05, 4.69) is 25.6 Å². The molecule has 11 heteroatoms. The fourth-order valence-corrected chi connectivity index (χ4v) is 4.88. The van der Waals surface area contributed by atoms with Gasteiger partial charge in [0.2, 0.25) is 11.0 Å². The Morgan fingerprint density at radius 1 is 1.06 bits per heavy atom. The van der Waals surface area contributed by atoms with Crippen LogP contribution in [0.25, 0.3) is 11.3 Å². The van der Waals surface area contributed by atoms with Crippen molar-refractivity contribution < 1.29 is 17.6 Å². The second-order valence-corrected chi connectivity index (χ2v) is 9.69. The molecule has 1 amide bonds. The maximum atomic E-state index is 12.8. The van der Waals surface area contributed by atoms with Crippen LogP contribution in [0.1, 0.15) is 30.0 Å². The fourth-order valence-electron chi connectivity index (χ4n) is 3.51. The van der Waals surface area contributed by atoms with Crippen LogP contribution in [0.5, 0.6) is 0 Å². The summed E-state index contributed by atoms with van der Waals surface area (Å²) >= 11 is 0. The monoisotopic (exact) mass is 506 g/mol. The van der Waals surface area contributed by atoms with Crippen LogP contribution in [-0.4, -0.2) is 46.7 Å². The second-order valence-electron chi connectivity index (χ2n) is 7.82. The van der Waals surface area contributed by atoms with Gasteiger partial charge in [-0.15, -0.1) is 0 Å². The quantitative estimate of drug-likeness (QED) is 0.340. The molecule has 0 saturated heterocycles. The van der Waals surface area contributed by atoms with Crippen molar-refractivity contribution in [3.63, 3.8) is 0 Å². The van der Waals surface area contributed by atoms with Crippen LogP contribution in [0.4, 0.5) is 17.3 Å². The molecule has 0 aliphatic heterocycles. The van der Waals surface area contributed by atoms with Gasteiger partial charge in [-0.1, -0.05) is 19.9 Å². The van der Waals surface area contributed by atoms with Crippen LogP contribution >= 0.6 is 0 Å². The summed E-state index contributed by atoms with van der Waals surface area (Å²) in [6.45, 7) is 5.99. The molecular formula is C25H26N6O4S. The number of aryl methyl sites for hydroxylation is 1. The molecule has 0 atom stereocenters. The molecule has 3 heterocycles. The summed E-state index contributed by atoms with van der Waals surface area (Å²) in [6, 6.07) is 13.5. The molecule has 0 saturated carbocycles. The van der Waals surface area contributed by atoms with Gasteiger partial charge in [-0.3, -0.25) is 9.78 Å². The topological polar surface area (TPSA) is 130 Å². The lowest BCUT2D eigenvalue weighted by molar-refractivity contribution is 0.0991. The van der Waals surface area contributed by atoms with Gasteiger partial charge in [0.1, 0.15) is 0 Å². The lowest BCUT2D eigenvalue weighted by Gasteiger charge is -2.16.